The van der Waals surface area contributed by atoms with Gasteiger partial charge < -0.3 is 15.4 Å². The smallest absolute Gasteiger partial charge is 0.247 e. The molecule has 4 nitrogen and oxygen atoms in total. The van der Waals surface area contributed by atoms with Crippen LogP contribution in [0.25, 0.3) is 0 Å². The standard InChI is InChI=1S/C18H28N2O2.ClH/c1-14(2)10-12-22-16-9-11-20(13-16)17(21)18(3,19)15-7-5-4-6-8-15;/h4-8,14,16H,9-13,19H2,1-3H3;1H. The number of amides is 1. The summed E-state index contributed by atoms with van der Waals surface area (Å²) in [5.41, 5.74) is 6.19. The third-order valence-corrected chi connectivity index (χ3v) is 4.30. The largest absolute Gasteiger partial charge is 0.376 e. The van der Waals surface area contributed by atoms with Gasteiger partial charge in [0.1, 0.15) is 5.54 Å². The van der Waals surface area contributed by atoms with E-state index in [4.69, 9.17) is 10.5 Å². The van der Waals surface area contributed by atoms with Gasteiger partial charge in [0.05, 0.1) is 6.10 Å². The molecule has 23 heavy (non-hydrogen) atoms. The molecule has 0 aliphatic carbocycles. The highest BCUT2D eigenvalue weighted by Gasteiger charge is 2.37. The number of ether oxygens (including phenoxy) is 1. The van der Waals surface area contributed by atoms with Gasteiger partial charge in [-0.2, -0.15) is 0 Å². The average Bonchev–Trinajstić information content (AvgIpc) is 2.95. The summed E-state index contributed by atoms with van der Waals surface area (Å²) in [5.74, 6) is 0.623. The average molecular weight is 341 g/mol. The van der Waals surface area contributed by atoms with Crippen LogP contribution in [0.5, 0.6) is 0 Å². The molecular formula is C18H29ClN2O2. The SMILES string of the molecule is CC(C)CCOC1CCN(C(=O)C(C)(N)c2ccccc2)C1.Cl. The van der Waals surface area contributed by atoms with E-state index in [0.29, 0.717) is 12.5 Å². The molecule has 1 fully saturated rings. The van der Waals surface area contributed by atoms with Crippen LogP contribution >= 0.6 is 12.4 Å². The Labute approximate surface area is 145 Å². The Kier molecular flexibility index (Phi) is 7.52. The van der Waals surface area contributed by atoms with Gasteiger partial charge in [0.15, 0.2) is 0 Å². The molecule has 1 aliphatic rings. The molecule has 0 radical (unpaired) electrons. The summed E-state index contributed by atoms with van der Waals surface area (Å²) in [4.78, 5) is 14.6. The maximum absolute atomic E-state index is 12.7. The summed E-state index contributed by atoms with van der Waals surface area (Å²) < 4.78 is 5.88. The molecule has 1 aromatic carbocycles. The molecule has 2 unspecified atom stereocenters. The first-order chi connectivity index (χ1) is 10.4. The Morgan fingerprint density at radius 1 is 1.39 bits per heavy atom. The quantitative estimate of drug-likeness (QED) is 0.866. The number of halogens is 1. The maximum atomic E-state index is 12.7. The van der Waals surface area contributed by atoms with E-state index >= 15 is 0 Å². The van der Waals surface area contributed by atoms with Gasteiger partial charge in [0.2, 0.25) is 5.91 Å². The van der Waals surface area contributed by atoms with Crippen molar-refractivity contribution in [2.75, 3.05) is 19.7 Å². The lowest BCUT2D eigenvalue weighted by Gasteiger charge is -2.29. The molecule has 1 heterocycles. The molecular weight excluding hydrogens is 312 g/mol. The van der Waals surface area contributed by atoms with Gasteiger partial charge in [-0.25, -0.2) is 0 Å². The zero-order chi connectivity index (χ0) is 16.2. The third kappa shape index (κ3) is 5.20. The van der Waals surface area contributed by atoms with Crippen LogP contribution in [-0.4, -0.2) is 36.6 Å². The lowest BCUT2D eigenvalue weighted by Crippen LogP contribution is -2.50. The van der Waals surface area contributed by atoms with E-state index in [-0.39, 0.29) is 24.4 Å². The van der Waals surface area contributed by atoms with Gasteiger partial charge in [0.25, 0.3) is 0 Å². The Hall–Kier alpha value is -1.10. The van der Waals surface area contributed by atoms with Crippen molar-refractivity contribution in [3.8, 4) is 0 Å². The molecule has 2 rings (SSSR count). The summed E-state index contributed by atoms with van der Waals surface area (Å²) in [6, 6.07) is 9.57. The molecule has 1 saturated heterocycles. The van der Waals surface area contributed by atoms with Crippen molar-refractivity contribution in [1.29, 1.82) is 0 Å². The minimum Gasteiger partial charge on any atom is -0.376 e. The number of nitrogens with zero attached hydrogens (tertiary/aromatic N) is 1. The van der Waals surface area contributed by atoms with Gasteiger partial charge in [-0.3, -0.25) is 4.79 Å². The molecule has 2 atom stereocenters. The molecule has 0 saturated carbocycles. The number of benzene rings is 1. The predicted octanol–water partition coefficient (Wildman–Crippen LogP) is 2.95. The number of hydrogen-bond acceptors (Lipinski definition) is 3. The summed E-state index contributed by atoms with van der Waals surface area (Å²) in [7, 11) is 0. The van der Waals surface area contributed by atoms with Crippen molar-refractivity contribution in [3.05, 3.63) is 35.9 Å². The predicted molar refractivity (Wildman–Crippen MR) is 95.6 cm³/mol. The number of carbonyl (C=O) groups excluding carboxylic acids is 1. The summed E-state index contributed by atoms with van der Waals surface area (Å²) in [6.45, 7) is 8.31. The van der Waals surface area contributed by atoms with E-state index in [1.54, 1.807) is 6.92 Å². The van der Waals surface area contributed by atoms with Crippen LogP contribution in [-0.2, 0) is 15.1 Å². The van der Waals surface area contributed by atoms with Crippen molar-refractivity contribution in [1.82, 2.24) is 4.90 Å². The van der Waals surface area contributed by atoms with Gasteiger partial charge in [-0.15, -0.1) is 12.4 Å². The zero-order valence-electron chi connectivity index (χ0n) is 14.3. The van der Waals surface area contributed by atoms with Gasteiger partial charge in [0, 0.05) is 19.7 Å². The van der Waals surface area contributed by atoms with Crippen molar-refractivity contribution >= 4 is 18.3 Å². The monoisotopic (exact) mass is 340 g/mol. The Morgan fingerprint density at radius 3 is 2.65 bits per heavy atom. The Bertz CT molecular complexity index is 491. The van der Waals surface area contributed by atoms with E-state index in [1.165, 1.54) is 0 Å². The second kappa shape index (κ2) is 8.67. The number of carbonyl (C=O) groups is 1. The summed E-state index contributed by atoms with van der Waals surface area (Å²) in [5, 5.41) is 0. The number of likely N-dealkylation sites (tertiary alicyclic amines) is 1. The first kappa shape index (κ1) is 19.9. The highest BCUT2D eigenvalue weighted by Crippen LogP contribution is 2.24. The van der Waals surface area contributed by atoms with Gasteiger partial charge in [-0.05, 0) is 31.2 Å². The Morgan fingerprint density at radius 2 is 2.04 bits per heavy atom. The fraction of sp³-hybridized carbons (Fsp3) is 0.611. The minimum absolute atomic E-state index is 0. The van der Waals surface area contributed by atoms with Crippen LogP contribution in [0.3, 0.4) is 0 Å². The number of nitrogens with two attached hydrogens (primary N) is 1. The molecule has 0 aromatic heterocycles. The molecule has 1 aliphatic heterocycles. The highest BCUT2D eigenvalue weighted by atomic mass is 35.5. The van der Waals surface area contributed by atoms with Gasteiger partial charge >= 0.3 is 0 Å². The van der Waals surface area contributed by atoms with Crippen LogP contribution in [0.2, 0.25) is 0 Å². The highest BCUT2D eigenvalue weighted by molar-refractivity contribution is 5.87. The molecule has 0 bridgehead atoms. The Balaban J connectivity index is 0.00000264. The van der Waals surface area contributed by atoms with Crippen molar-refractivity contribution in [2.24, 2.45) is 11.7 Å². The van der Waals surface area contributed by atoms with E-state index in [0.717, 1.165) is 31.6 Å². The molecule has 130 valence electrons. The second-order valence-electron chi connectivity index (χ2n) is 6.78. The van der Waals surface area contributed by atoms with E-state index in [9.17, 15) is 4.79 Å². The molecule has 0 spiro atoms. The fourth-order valence-electron chi connectivity index (χ4n) is 2.76. The zero-order valence-corrected chi connectivity index (χ0v) is 15.1. The third-order valence-electron chi connectivity index (χ3n) is 4.30. The summed E-state index contributed by atoms with van der Waals surface area (Å²) >= 11 is 0. The van der Waals surface area contributed by atoms with Crippen LogP contribution in [0.1, 0.15) is 39.2 Å². The van der Waals surface area contributed by atoms with Crippen molar-refractivity contribution in [3.63, 3.8) is 0 Å². The van der Waals surface area contributed by atoms with Crippen molar-refractivity contribution in [2.45, 2.75) is 45.3 Å². The van der Waals surface area contributed by atoms with E-state index in [1.807, 2.05) is 35.2 Å². The minimum atomic E-state index is -0.978. The molecule has 2 N–H and O–H groups in total. The first-order valence-electron chi connectivity index (χ1n) is 8.16. The molecule has 1 amide bonds. The number of rotatable bonds is 6. The van der Waals surface area contributed by atoms with Crippen molar-refractivity contribution < 1.29 is 9.53 Å². The van der Waals surface area contributed by atoms with Crippen LogP contribution in [0.4, 0.5) is 0 Å². The maximum Gasteiger partial charge on any atom is 0.247 e. The molecule has 1 aromatic rings. The second-order valence-corrected chi connectivity index (χ2v) is 6.78. The van der Waals surface area contributed by atoms with Gasteiger partial charge in [-0.1, -0.05) is 44.2 Å². The fourth-order valence-corrected chi connectivity index (χ4v) is 2.76. The van der Waals surface area contributed by atoms with Crippen LogP contribution in [0, 0.1) is 5.92 Å². The lowest BCUT2D eigenvalue weighted by atomic mass is 9.92. The number of hydrogen-bond donors (Lipinski definition) is 1. The molecule has 5 heteroatoms. The first-order valence-corrected chi connectivity index (χ1v) is 8.16. The summed E-state index contributed by atoms with van der Waals surface area (Å²) in [6.07, 6.45) is 2.10. The van der Waals surface area contributed by atoms with Crippen LogP contribution < -0.4 is 5.73 Å². The van der Waals surface area contributed by atoms with E-state index < -0.39 is 5.54 Å². The lowest BCUT2D eigenvalue weighted by molar-refractivity contribution is -0.136. The van der Waals surface area contributed by atoms with E-state index in [2.05, 4.69) is 13.8 Å². The topological polar surface area (TPSA) is 55.6 Å². The normalized spacial score (nSPS) is 20.2. The van der Waals surface area contributed by atoms with Crippen LogP contribution in [0.15, 0.2) is 30.3 Å².